The lowest BCUT2D eigenvalue weighted by Gasteiger charge is -2.57. The largest absolute Gasteiger partial charge is 0.308 e. The van der Waals surface area contributed by atoms with E-state index < -0.39 is 0 Å². The molecule has 0 aromatic heterocycles. The van der Waals surface area contributed by atoms with Crippen LogP contribution in [0.3, 0.4) is 0 Å². The van der Waals surface area contributed by atoms with Gasteiger partial charge in [0, 0.05) is 24.2 Å². The summed E-state index contributed by atoms with van der Waals surface area (Å²) in [6.45, 7) is 6.30. The molecule has 0 bridgehead atoms. The van der Waals surface area contributed by atoms with Gasteiger partial charge in [0.2, 0.25) is 0 Å². The fourth-order valence-electron chi connectivity index (χ4n) is 4.98. The van der Waals surface area contributed by atoms with E-state index in [9.17, 15) is 0 Å². The molecular weight excluding hydrogens is 244 g/mol. The molecule has 0 unspecified atom stereocenters. The summed E-state index contributed by atoms with van der Waals surface area (Å²) < 4.78 is 0. The molecule has 2 saturated carbocycles. The van der Waals surface area contributed by atoms with Gasteiger partial charge in [0.15, 0.2) is 0 Å². The Morgan fingerprint density at radius 3 is 2.20 bits per heavy atom. The first-order valence-corrected chi connectivity index (χ1v) is 9.29. The van der Waals surface area contributed by atoms with E-state index in [0.29, 0.717) is 11.1 Å². The molecule has 20 heavy (non-hydrogen) atoms. The van der Waals surface area contributed by atoms with Crippen molar-refractivity contribution in [3.63, 3.8) is 0 Å². The van der Waals surface area contributed by atoms with Gasteiger partial charge in [-0.05, 0) is 38.6 Å². The fourth-order valence-corrected chi connectivity index (χ4v) is 4.98. The molecule has 3 rings (SSSR count). The van der Waals surface area contributed by atoms with Crippen molar-refractivity contribution in [1.82, 2.24) is 10.2 Å². The molecule has 2 spiro atoms. The Morgan fingerprint density at radius 2 is 1.55 bits per heavy atom. The zero-order valence-electron chi connectivity index (χ0n) is 13.6. The van der Waals surface area contributed by atoms with Crippen LogP contribution in [0.25, 0.3) is 0 Å². The summed E-state index contributed by atoms with van der Waals surface area (Å²) in [4.78, 5) is 2.94. The van der Waals surface area contributed by atoms with E-state index in [1.165, 1.54) is 96.7 Å². The Hall–Kier alpha value is -0.0800. The number of unbranched alkanes of at least 4 members (excludes halogenated alkanes) is 1. The third-order valence-corrected chi connectivity index (χ3v) is 6.33. The Kier molecular flexibility index (Phi) is 4.72. The summed E-state index contributed by atoms with van der Waals surface area (Å²) in [5.41, 5.74) is 1.00. The molecule has 116 valence electrons. The molecule has 1 N–H and O–H groups in total. The first-order chi connectivity index (χ1) is 9.79. The van der Waals surface area contributed by atoms with Gasteiger partial charge >= 0.3 is 0 Å². The van der Waals surface area contributed by atoms with Crippen molar-refractivity contribution in [3.8, 4) is 0 Å². The summed E-state index contributed by atoms with van der Waals surface area (Å²) in [6, 6.07) is 0. The summed E-state index contributed by atoms with van der Waals surface area (Å²) in [5.74, 6) is 0. The standard InChI is InChI=1S/C18H34N2/c1-2-3-14-20-16-17(10-6-4-7-11-17)19-15-18(20)12-8-5-9-13-18/h19H,2-16H2,1H3. The van der Waals surface area contributed by atoms with Crippen molar-refractivity contribution in [1.29, 1.82) is 0 Å². The van der Waals surface area contributed by atoms with Crippen LogP contribution in [-0.4, -0.2) is 35.6 Å². The second-order valence-corrected chi connectivity index (χ2v) is 7.75. The van der Waals surface area contributed by atoms with Gasteiger partial charge in [-0.25, -0.2) is 0 Å². The first-order valence-electron chi connectivity index (χ1n) is 9.29. The molecule has 0 aromatic carbocycles. The normalized spacial score (nSPS) is 29.9. The summed E-state index contributed by atoms with van der Waals surface area (Å²) >= 11 is 0. The molecular formula is C18H34N2. The van der Waals surface area contributed by atoms with Gasteiger partial charge in [0.25, 0.3) is 0 Å². The second kappa shape index (κ2) is 6.36. The SMILES string of the molecule is CCCCN1CC2(CCCCC2)NCC12CCCCC2. The molecule has 2 nitrogen and oxygen atoms in total. The predicted molar refractivity (Wildman–Crippen MR) is 86.1 cm³/mol. The van der Waals surface area contributed by atoms with Gasteiger partial charge in [-0.1, -0.05) is 51.9 Å². The van der Waals surface area contributed by atoms with Crippen molar-refractivity contribution >= 4 is 0 Å². The Morgan fingerprint density at radius 1 is 0.900 bits per heavy atom. The monoisotopic (exact) mass is 278 g/mol. The number of hydrogen-bond acceptors (Lipinski definition) is 2. The number of nitrogens with zero attached hydrogens (tertiary/aromatic N) is 1. The third kappa shape index (κ3) is 2.92. The molecule has 1 heterocycles. The summed E-state index contributed by atoms with van der Waals surface area (Å²) in [7, 11) is 0. The quantitative estimate of drug-likeness (QED) is 0.836. The predicted octanol–water partition coefficient (Wildman–Crippen LogP) is 4.10. The lowest BCUT2D eigenvalue weighted by molar-refractivity contribution is -0.0302. The van der Waals surface area contributed by atoms with E-state index in [4.69, 9.17) is 0 Å². The van der Waals surface area contributed by atoms with E-state index in [1.807, 2.05) is 0 Å². The van der Waals surface area contributed by atoms with Crippen LogP contribution in [0.15, 0.2) is 0 Å². The molecule has 0 aromatic rings. The number of piperazine rings is 1. The van der Waals surface area contributed by atoms with Gasteiger partial charge in [0.1, 0.15) is 0 Å². The first kappa shape index (κ1) is 14.8. The van der Waals surface area contributed by atoms with E-state index in [2.05, 4.69) is 17.1 Å². The van der Waals surface area contributed by atoms with Crippen LogP contribution in [0.4, 0.5) is 0 Å². The van der Waals surface area contributed by atoms with E-state index in [1.54, 1.807) is 0 Å². The van der Waals surface area contributed by atoms with Crippen molar-refractivity contribution in [2.24, 2.45) is 0 Å². The van der Waals surface area contributed by atoms with E-state index >= 15 is 0 Å². The topological polar surface area (TPSA) is 15.3 Å². The highest BCUT2D eigenvalue weighted by Gasteiger charge is 2.47. The summed E-state index contributed by atoms with van der Waals surface area (Å²) in [6.07, 6.45) is 17.2. The lowest BCUT2D eigenvalue weighted by atomic mass is 9.72. The molecule has 3 aliphatic rings. The van der Waals surface area contributed by atoms with Crippen molar-refractivity contribution in [2.75, 3.05) is 19.6 Å². The van der Waals surface area contributed by atoms with E-state index in [0.717, 1.165) is 0 Å². The maximum absolute atomic E-state index is 4.06. The fraction of sp³-hybridized carbons (Fsp3) is 1.00. The second-order valence-electron chi connectivity index (χ2n) is 7.75. The molecule has 2 heteroatoms. The minimum absolute atomic E-state index is 0.481. The Bertz CT molecular complexity index is 301. The van der Waals surface area contributed by atoms with Crippen LogP contribution < -0.4 is 5.32 Å². The van der Waals surface area contributed by atoms with Crippen LogP contribution in [0, 0.1) is 0 Å². The van der Waals surface area contributed by atoms with Gasteiger partial charge in [-0.3, -0.25) is 4.90 Å². The van der Waals surface area contributed by atoms with Crippen molar-refractivity contribution in [3.05, 3.63) is 0 Å². The highest BCUT2D eigenvalue weighted by Crippen LogP contribution is 2.40. The number of nitrogens with one attached hydrogen (secondary N) is 1. The van der Waals surface area contributed by atoms with Gasteiger partial charge in [0.05, 0.1) is 0 Å². The average molecular weight is 278 g/mol. The van der Waals surface area contributed by atoms with Crippen LogP contribution in [0.2, 0.25) is 0 Å². The maximum atomic E-state index is 4.06. The Labute approximate surface area is 125 Å². The summed E-state index contributed by atoms with van der Waals surface area (Å²) in [5, 5.41) is 4.06. The molecule has 0 amide bonds. The van der Waals surface area contributed by atoms with Crippen molar-refractivity contribution in [2.45, 2.75) is 95.1 Å². The van der Waals surface area contributed by atoms with Gasteiger partial charge in [-0.2, -0.15) is 0 Å². The maximum Gasteiger partial charge on any atom is 0.0334 e. The van der Waals surface area contributed by atoms with Crippen LogP contribution >= 0.6 is 0 Å². The molecule has 2 aliphatic carbocycles. The number of hydrogen-bond donors (Lipinski definition) is 1. The minimum atomic E-state index is 0.481. The van der Waals surface area contributed by atoms with Crippen molar-refractivity contribution < 1.29 is 0 Å². The number of rotatable bonds is 3. The van der Waals surface area contributed by atoms with Gasteiger partial charge < -0.3 is 5.32 Å². The van der Waals surface area contributed by atoms with Crippen LogP contribution in [0.1, 0.15) is 84.0 Å². The van der Waals surface area contributed by atoms with E-state index in [-0.39, 0.29) is 0 Å². The van der Waals surface area contributed by atoms with Crippen LogP contribution in [-0.2, 0) is 0 Å². The molecule has 1 aliphatic heterocycles. The van der Waals surface area contributed by atoms with Crippen LogP contribution in [0.5, 0.6) is 0 Å². The zero-order valence-corrected chi connectivity index (χ0v) is 13.6. The Balaban J connectivity index is 1.72. The third-order valence-electron chi connectivity index (χ3n) is 6.33. The molecule has 1 saturated heterocycles. The van der Waals surface area contributed by atoms with Gasteiger partial charge in [-0.15, -0.1) is 0 Å². The molecule has 0 atom stereocenters. The zero-order chi connectivity index (χ0) is 13.9. The molecule has 3 fully saturated rings. The lowest BCUT2D eigenvalue weighted by Crippen LogP contribution is -2.70. The minimum Gasteiger partial charge on any atom is -0.308 e. The smallest absolute Gasteiger partial charge is 0.0334 e. The average Bonchev–Trinajstić information content (AvgIpc) is 2.51. The highest BCUT2D eigenvalue weighted by atomic mass is 15.3. The molecule has 0 radical (unpaired) electrons. The highest BCUT2D eigenvalue weighted by molar-refractivity contribution is 5.07.